The normalized spacial score (nSPS) is 15.2. The molecule has 0 amide bonds. The Kier molecular flexibility index (Phi) is 4.05. The quantitative estimate of drug-likeness (QED) is 0.715. The van der Waals surface area contributed by atoms with Crippen molar-refractivity contribution in [3.63, 3.8) is 0 Å². The fourth-order valence-corrected chi connectivity index (χ4v) is 1.70. The summed E-state index contributed by atoms with van der Waals surface area (Å²) in [7, 11) is 0. The molecule has 0 bridgehead atoms. The van der Waals surface area contributed by atoms with Crippen LogP contribution in [0.3, 0.4) is 0 Å². The third kappa shape index (κ3) is 2.53. The third-order valence-corrected chi connectivity index (χ3v) is 3.82. The molecular formula is C11H13BrF2. The molecule has 0 saturated carbocycles. The second-order valence-corrected chi connectivity index (χ2v) is 4.55. The van der Waals surface area contributed by atoms with Crippen molar-refractivity contribution in [3.05, 3.63) is 35.4 Å². The Morgan fingerprint density at radius 3 is 2.57 bits per heavy atom. The number of hydrogen-bond acceptors (Lipinski definition) is 0. The van der Waals surface area contributed by atoms with Gasteiger partial charge >= 0.3 is 0 Å². The molecule has 0 aliphatic rings. The summed E-state index contributed by atoms with van der Waals surface area (Å²) in [5, 5.41) is 0. The summed E-state index contributed by atoms with van der Waals surface area (Å²) in [5.74, 6) is -0.739. The maximum absolute atomic E-state index is 13.3. The topological polar surface area (TPSA) is 0 Å². The fourth-order valence-electron chi connectivity index (χ4n) is 1.41. The Bertz CT molecular complexity index is 312. The SMILES string of the molecule is CCC(Br)C(C)c1cc(F)ccc1F. The van der Waals surface area contributed by atoms with Crippen molar-refractivity contribution in [3.8, 4) is 0 Å². The lowest BCUT2D eigenvalue weighted by Gasteiger charge is -2.17. The van der Waals surface area contributed by atoms with Crippen LogP contribution in [0, 0.1) is 11.6 Å². The molecule has 0 saturated heterocycles. The first kappa shape index (κ1) is 11.6. The predicted octanol–water partition coefficient (Wildman–Crippen LogP) is 4.24. The summed E-state index contributed by atoms with van der Waals surface area (Å²) in [4.78, 5) is 0.179. The van der Waals surface area contributed by atoms with E-state index in [1.165, 1.54) is 12.1 Å². The molecule has 1 aromatic rings. The smallest absolute Gasteiger partial charge is 0.126 e. The average molecular weight is 263 g/mol. The van der Waals surface area contributed by atoms with Gasteiger partial charge in [0.1, 0.15) is 11.6 Å². The van der Waals surface area contributed by atoms with E-state index in [0.717, 1.165) is 12.5 Å². The van der Waals surface area contributed by atoms with Crippen LogP contribution in [0.2, 0.25) is 0 Å². The van der Waals surface area contributed by atoms with E-state index in [1.54, 1.807) is 0 Å². The number of halogens is 3. The van der Waals surface area contributed by atoms with Crippen molar-refractivity contribution in [2.45, 2.75) is 31.0 Å². The fraction of sp³-hybridized carbons (Fsp3) is 0.455. The van der Waals surface area contributed by atoms with Crippen LogP contribution in [0.25, 0.3) is 0 Å². The van der Waals surface area contributed by atoms with Crippen molar-refractivity contribution in [2.24, 2.45) is 0 Å². The molecule has 0 aliphatic heterocycles. The molecule has 2 atom stereocenters. The van der Waals surface area contributed by atoms with E-state index in [4.69, 9.17) is 0 Å². The van der Waals surface area contributed by atoms with Crippen LogP contribution in [0.15, 0.2) is 18.2 Å². The van der Waals surface area contributed by atoms with Crippen LogP contribution in [-0.4, -0.2) is 4.83 Å². The Morgan fingerprint density at radius 1 is 1.36 bits per heavy atom. The largest absolute Gasteiger partial charge is 0.207 e. The second-order valence-electron chi connectivity index (χ2n) is 3.38. The lowest BCUT2D eigenvalue weighted by atomic mass is 9.96. The van der Waals surface area contributed by atoms with Gasteiger partial charge in [-0.1, -0.05) is 29.8 Å². The van der Waals surface area contributed by atoms with Gasteiger partial charge in [-0.2, -0.15) is 0 Å². The summed E-state index contributed by atoms with van der Waals surface area (Å²) in [6.45, 7) is 3.90. The molecule has 0 aliphatic carbocycles. The van der Waals surface area contributed by atoms with Crippen LogP contribution in [0.5, 0.6) is 0 Å². The van der Waals surface area contributed by atoms with Gasteiger partial charge in [-0.05, 0) is 36.1 Å². The van der Waals surface area contributed by atoms with E-state index in [2.05, 4.69) is 15.9 Å². The van der Waals surface area contributed by atoms with E-state index in [1.807, 2.05) is 13.8 Å². The molecule has 0 spiro atoms. The molecule has 0 radical (unpaired) electrons. The minimum Gasteiger partial charge on any atom is -0.207 e. The minimum atomic E-state index is -0.385. The van der Waals surface area contributed by atoms with Crippen LogP contribution < -0.4 is 0 Å². The summed E-state index contributed by atoms with van der Waals surface area (Å²) < 4.78 is 26.2. The van der Waals surface area contributed by atoms with Gasteiger partial charge in [0, 0.05) is 4.83 Å². The number of hydrogen-bond donors (Lipinski definition) is 0. The van der Waals surface area contributed by atoms with Gasteiger partial charge in [-0.3, -0.25) is 0 Å². The van der Waals surface area contributed by atoms with Gasteiger partial charge in [-0.25, -0.2) is 8.78 Å². The molecule has 1 aromatic carbocycles. The third-order valence-electron chi connectivity index (χ3n) is 2.38. The highest BCUT2D eigenvalue weighted by molar-refractivity contribution is 9.09. The molecule has 78 valence electrons. The van der Waals surface area contributed by atoms with Crippen molar-refractivity contribution in [1.29, 1.82) is 0 Å². The van der Waals surface area contributed by atoms with Crippen LogP contribution in [-0.2, 0) is 0 Å². The van der Waals surface area contributed by atoms with Gasteiger partial charge in [0.15, 0.2) is 0 Å². The first-order valence-corrected chi connectivity index (χ1v) is 5.56. The number of benzene rings is 1. The average Bonchev–Trinajstić information content (AvgIpc) is 2.19. The number of rotatable bonds is 3. The zero-order valence-electron chi connectivity index (χ0n) is 8.23. The summed E-state index contributed by atoms with van der Waals surface area (Å²) in [6, 6.07) is 3.58. The molecule has 1 rings (SSSR count). The highest BCUT2D eigenvalue weighted by Gasteiger charge is 2.18. The van der Waals surface area contributed by atoms with Crippen molar-refractivity contribution >= 4 is 15.9 Å². The van der Waals surface area contributed by atoms with E-state index in [-0.39, 0.29) is 22.4 Å². The molecular weight excluding hydrogens is 250 g/mol. The lowest BCUT2D eigenvalue weighted by Crippen LogP contribution is -2.09. The van der Waals surface area contributed by atoms with Gasteiger partial charge in [-0.15, -0.1) is 0 Å². The summed E-state index contributed by atoms with van der Waals surface area (Å²) >= 11 is 3.45. The van der Waals surface area contributed by atoms with Crippen LogP contribution in [0.1, 0.15) is 31.7 Å². The standard InChI is InChI=1S/C11H13BrF2/c1-3-10(12)7(2)9-6-8(13)4-5-11(9)14/h4-7,10H,3H2,1-2H3. The Balaban J connectivity index is 2.99. The predicted molar refractivity (Wildman–Crippen MR) is 57.8 cm³/mol. The van der Waals surface area contributed by atoms with Gasteiger partial charge in [0.2, 0.25) is 0 Å². The molecule has 0 fully saturated rings. The van der Waals surface area contributed by atoms with E-state index in [0.29, 0.717) is 5.56 Å². The van der Waals surface area contributed by atoms with Gasteiger partial charge in [0.05, 0.1) is 0 Å². The highest BCUT2D eigenvalue weighted by atomic mass is 79.9. The second kappa shape index (κ2) is 4.87. The summed E-state index contributed by atoms with van der Waals surface area (Å²) in [5.41, 5.74) is 0.439. The van der Waals surface area contributed by atoms with E-state index in [9.17, 15) is 8.78 Å². The number of alkyl halides is 1. The molecule has 3 heteroatoms. The Hall–Kier alpha value is -0.440. The highest BCUT2D eigenvalue weighted by Crippen LogP contribution is 2.28. The maximum atomic E-state index is 13.3. The zero-order chi connectivity index (χ0) is 10.7. The van der Waals surface area contributed by atoms with Crippen molar-refractivity contribution < 1.29 is 8.78 Å². The lowest BCUT2D eigenvalue weighted by molar-refractivity contribution is 0.560. The summed E-state index contributed by atoms with van der Waals surface area (Å²) in [6.07, 6.45) is 0.886. The monoisotopic (exact) mass is 262 g/mol. The van der Waals surface area contributed by atoms with Crippen LogP contribution in [0.4, 0.5) is 8.78 Å². The van der Waals surface area contributed by atoms with E-state index < -0.39 is 0 Å². The molecule has 2 unspecified atom stereocenters. The Labute approximate surface area is 91.5 Å². The van der Waals surface area contributed by atoms with Crippen molar-refractivity contribution in [2.75, 3.05) is 0 Å². The molecule has 0 heterocycles. The molecule has 0 N–H and O–H groups in total. The first-order valence-electron chi connectivity index (χ1n) is 4.65. The zero-order valence-corrected chi connectivity index (χ0v) is 9.81. The molecule has 0 nitrogen and oxygen atoms in total. The molecule has 0 aromatic heterocycles. The van der Waals surface area contributed by atoms with E-state index >= 15 is 0 Å². The van der Waals surface area contributed by atoms with Gasteiger partial charge in [0.25, 0.3) is 0 Å². The van der Waals surface area contributed by atoms with Crippen molar-refractivity contribution in [1.82, 2.24) is 0 Å². The first-order chi connectivity index (χ1) is 6.56. The van der Waals surface area contributed by atoms with Crippen LogP contribution >= 0.6 is 15.9 Å². The minimum absolute atomic E-state index is 0.0179. The molecule has 14 heavy (non-hydrogen) atoms. The van der Waals surface area contributed by atoms with Gasteiger partial charge < -0.3 is 0 Å². The maximum Gasteiger partial charge on any atom is 0.126 e. The Morgan fingerprint density at radius 2 is 2.00 bits per heavy atom.